The summed E-state index contributed by atoms with van der Waals surface area (Å²) in [5.74, 6) is 0.0489. The van der Waals surface area contributed by atoms with Crippen molar-refractivity contribution < 1.29 is 13.3 Å². The zero-order valence-electron chi connectivity index (χ0n) is 41.4. The molecule has 2 heterocycles. The molecule has 0 bridgehead atoms. The molecule has 6 aromatic carbocycles. The van der Waals surface area contributed by atoms with Crippen LogP contribution in [0.3, 0.4) is 0 Å². The Morgan fingerprint density at radius 1 is 0.627 bits per heavy atom. The molecule has 4 nitrogen and oxygen atoms in total. The molecule has 2 aromatic heterocycles. The molecule has 8 aromatic rings. The lowest BCUT2D eigenvalue weighted by atomic mass is 9.83. The van der Waals surface area contributed by atoms with E-state index in [1.54, 1.807) is 18.3 Å². The quantitative estimate of drug-likeness (QED) is 0.159. The van der Waals surface area contributed by atoms with Crippen LogP contribution in [0.25, 0.3) is 72.7 Å². The molecule has 0 saturated carbocycles. The van der Waals surface area contributed by atoms with Crippen LogP contribution in [0.4, 0.5) is 0 Å². The van der Waals surface area contributed by atoms with E-state index in [0.717, 1.165) is 66.8 Å². The molecule has 0 aliphatic heterocycles. The lowest BCUT2D eigenvalue weighted by Gasteiger charge is -2.22. The van der Waals surface area contributed by atoms with E-state index in [1.165, 1.54) is 0 Å². The number of aromatic hydroxyl groups is 1. The van der Waals surface area contributed by atoms with Crippen LogP contribution in [-0.2, 0) is 5.41 Å². The van der Waals surface area contributed by atoms with Gasteiger partial charge >= 0.3 is 0 Å². The molecule has 296 valence electrons. The molecule has 0 fully saturated rings. The van der Waals surface area contributed by atoms with E-state index in [2.05, 4.69) is 126 Å². The van der Waals surface area contributed by atoms with E-state index in [1.807, 2.05) is 38.1 Å². The monoisotopic (exact) mass is 779 g/mol. The van der Waals surface area contributed by atoms with E-state index in [9.17, 15) is 6.48 Å². The van der Waals surface area contributed by atoms with Crippen molar-refractivity contribution in [1.82, 2.24) is 14.5 Å². The van der Waals surface area contributed by atoms with Gasteiger partial charge in [0.25, 0.3) is 0 Å². The summed E-state index contributed by atoms with van der Waals surface area (Å²) in [6.45, 7) is 18.8. The number of phenolic OH excluding ortho intramolecular Hbond substituents is 1. The van der Waals surface area contributed by atoms with Crippen molar-refractivity contribution in [2.45, 2.75) is 85.5 Å². The lowest BCUT2D eigenvalue weighted by molar-refractivity contribution is 0.466. The van der Waals surface area contributed by atoms with Crippen molar-refractivity contribution >= 4 is 11.0 Å². The minimum atomic E-state index is -0.953. The van der Waals surface area contributed by atoms with Crippen molar-refractivity contribution in [3.8, 4) is 67.5 Å². The zero-order chi connectivity index (χ0) is 46.9. The topological polar surface area (TPSA) is 50.9 Å². The highest BCUT2D eigenvalue weighted by Crippen LogP contribution is 2.44. The number of benzene rings is 6. The summed E-state index contributed by atoms with van der Waals surface area (Å²) in [5.41, 5.74) is 12.2. The summed E-state index contributed by atoms with van der Waals surface area (Å²) >= 11 is 0. The van der Waals surface area contributed by atoms with Crippen molar-refractivity contribution in [3.05, 3.63) is 168 Å². The zero-order valence-corrected chi connectivity index (χ0v) is 35.4. The molecule has 59 heavy (non-hydrogen) atoms. The molecule has 0 aliphatic carbocycles. The number of phenols is 1. The van der Waals surface area contributed by atoms with Gasteiger partial charge in [0.05, 0.1) is 29.1 Å². The van der Waals surface area contributed by atoms with Gasteiger partial charge in [-0.25, -0.2) is 4.98 Å². The lowest BCUT2D eigenvalue weighted by Crippen LogP contribution is -2.11. The second-order valence-corrected chi connectivity index (χ2v) is 17.3. The minimum Gasteiger partial charge on any atom is -0.507 e. The Bertz CT molecular complexity index is 3110. The molecular formula is C55H55N3O. The van der Waals surface area contributed by atoms with Crippen molar-refractivity contribution in [2.75, 3.05) is 0 Å². The smallest absolute Gasteiger partial charge is 0.149 e. The highest BCUT2D eigenvalue weighted by Gasteiger charge is 2.25. The van der Waals surface area contributed by atoms with Crippen molar-refractivity contribution in [2.24, 2.45) is 0 Å². The Morgan fingerprint density at radius 2 is 1.37 bits per heavy atom. The SMILES string of the molecule is [2H]c1c([2H])c([2H])c(-c2ccnc(-c3cc(-c4cccc5c4nc(-c4cc(C(C)C)cc(C(C)C)c4O)n5-c4ccc(-c5ccccc5)c(C([2H])(C)C)c4)cc(C(C)(C)C)c3)c2)c([2H])c1[2H]. The van der Waals surface area contributed by atoms with Crippen LogP contribution in [0, 0.1) is 0 Å². The summed E-state index contributed by atoms with van der Waals surface area (Å²) in [5, 5.41) is 12.2. The standard InChI is InChI=1S/C55H55N3O/c1-34(2)40-30-48(36(5)6)53(59)49(31-40)54-57-52-46(21-16-22-51(52)58(54)44-23-24-45(47(33-44)35(3)4)38-19-14-11-15-20-38)41-27-42(29-43(28-41)55(7,8)9)50-32-39(25-26-56-50)37-17-12-10-13-18-37/h10-36,59H,1-9H3/i10D,12D,13D,17D,18D,35D. The molecule has 0 spiro atoms. The van der Waals surface area contributed by atoms with Gasteiger partial charge < -0.3 is 5.11 Å². The maximum Gasteiger partial charge on any atom is 0.149 e. The fraction of sp³-hybridized carbons (Fsp3) is 0.236. The average molecular weight is 780 g/mol. The first-order valence-corrected chi connectivity index (χ1v) is 20.4. The first-order valence-electron chi connectivity index (χ1n) is 23.4. The third kappa shape index (κ3) is 7.72. The van der Waals surface area contributed by atoms with Gasteiger partial charge in [-0.05, 0) is 122 Å². The van der Waals surface area contributed by atoms with Crippen LogP contribution in [-0.4, -0.2) is 19.6 Å². The molecule has 0 radical (unpaired) electrons. The Balaban J connectivity index is 1.41. The largest absolute Gasteiger partial charge is 0.507 e. The molecule has 8 rings (SSSR count). The van der Waals surface area contributed by atoms with E-state index in [4.69, 9.17) is 16.8 Å². The summed E-state index contributed by atoms with van der Waals surface area (Å²) < 4.78 is 53.6. The Hall–Kier alpha value is -6.26. The number of hydrogen-bond acceptors (Lipinski definition) is 3. The number of fused-ring (bicyclic) bond motifs is 1. The van der Waals surface area contributed by atoms with Crippen molar-refractivity contribution in [3.63, 3.8) is 0 Å². The number of para-hydroxylation sites is 1. The second kappa shape index (κ2) is 15.8. The van der Waals surface area contributed by atoms with Crippen LogP contribution in [0.5, 0.6) is 5.75 Å². The maximum absolute atomic E-state index is 12.2. The Kier molecular flexibility index (Phi) is 8.76. The highest BCUT2D eigenvalue weighted by atomic mass is 16.3. The van der Waals surface area contributed by atoms with Crippen LogP contribution in [0.15, 0.2) is 146 Å². The third-order valence-corrected chi connectivity index (χ3v) is 11.2. The van der Waals surface area contributed by atoms with Crippen LogP contribution in [0.2, 0.25) is 0 Å². The highest BCUT2D eigenvalue weighted by molar-refractivity contribution is 5.97. The number of imidazole rings is 1. The van der Waals surface area contributed by atoms with Crippen LogP contribution in [0.1, 0.15) is 111 Å². The summed E-state index contributed by atoms with van der Waals surface area (Å²) in [4.78, 5) is 10.3. The van der Waals surface area contributed by atoms with Gasteiger partial charge in [0.2, 0.25) is 0 Å². The normalized spacial score (nSPS) is 13.6. The van der Waals surface area contributed by atoms with E-state index >= 15 is 0 Å². The van der Waals surface area contributed by atoms with E-state index in [0.29, 0.717) is 22.6 Å². The van der Waals surface area contributed by atoms with Gasteiger partial charge in [0.15, 0.2) is 0 Å². The molecule has 4 heteroatoms. The van der Waals surface area contributed by atoms with Gasteiger partial charge in [0, 0.05) is 24.4 Å². The molecule has 0 unspecified atom stereocenters. The molecule has 0 atom stereocenters. The second-order valence-electron chi connectivity index (χ2n) is 17.3. The first-order chi connectivity index (χ1) is 30.6. The molecule has 1 N–H and O–H groups in total. The number of nitrogens with zero attached hydrogens (tertiary/aromatic N) is 3. The minimum absolute atomic E-state index is 0.0490. The molecule has 0 aliphatic rings. The van der Waals surface area contributed by atoms with Gasteiger partial charge in [0.1, 0.15) is 11.6 Å². The number of pyridine rings is 1. The van der Waals surface area contributed by atoms with Crippen LogP contribution < -0.4 is 0 Å². The van der Waals surface area contributed by atoms with E-state index < -0.39 is 11.9 Å². The number of rotatable bonds is 9. The van der Waals surface area contributed by atoms with Crippen molar-refractivity contribution in [1.29, 1.82) is 0 Å². The molecular weight excluding hydrogens is 719 g/mol. The van der Waals surface area contributed by atoms with Gasteiger partial charge in [-0.15, -0.1) is 0 Å². The fourth-order valence-corrected chi connectivity index (χ4v) is 7.85. The average Bonchev–Trinajstić information content (AvgIpc) is 3.66. The summed E-state index contributed by atoms with van der Waals surface area (Å²) in [7, 11) is 0. The molecule has 0 saturated heterocycles. The molecule has 0 amide bonds. The van der Waals surface area contributed by atoms with Crippen LogP contribution >= 0.6 is 0 Å². The Morgan fingerprint density at radius 3 is 2.07 bits per heavy atom. The third-order valence-electron chi connectivity index (χ3n) is 11.2. The number of hydrogen-bond donors (Lipinski definition) is 1. The van der Waals surface area contributed by atoms with E-state index in [-0.39, 0.29) is 52.7 Å². The van der Waals surface area contributed by atoms with Gasteiger partial charge in [-0.2, -0.15) is 0 Å². The fourth-order valence-electron chi connectivity index (χ4n) is 7.85. The Labute approximate surface area is 358 Å². The van der Waals surface area contributed by atoms with Gasteiger partial charge in [-0.1, -0.05) is 153 Å². The number of aromatic nitrogens is 3. The predicted octanol–water partition coefficient (Wildman–Crippen LogP) is 15.1. The first kappa shape index (κ1) is 32.7. The summed E-state index contributed by atoms with van der Waals surface area (Å²) in [6, 6.07) is 34.8. The maximum atomic E-state index is 12.2. The predicted molar refractivity (Wildman–Crippen MR) is 249 cm³/mol. The van der Waals surface area contributed by atoms with Gasteiger partial charge in [-0.3, -0.25) is 9.55 Å². The summed E-state index contributed by atoms with van der Waals surface area (Å²) in [6.07, 6.45) is 1.61.